The summed E-state index contributed by atoms with van der Waals surface area (Å²) in [7, 11) is 0. The average Bonchev–Trinajstić information content (AvgIpc) is 1.83. The Morgan fingerprint density at radius 1 is 1.50 bits per heavy atom. The molecule has 0 nitrogen and oxygen atoms in total. The third-order valence-electron chi connectivity index (χ3n) is 1.42. The zero-order valence-electron chi connectivity index (χ0n) is 5.91. The molecule has 0 aromatic heterocycles. The summed E-state index contributed by atoms with van der Waals surface area (Å²) in [6, 6.07) is 0. The lowest BCUT2D eigenvalue weighted by Crippen LogP contribution is -1.91. The first kappa shape index (κ1) is 7.74. The summed E-state index contributed by atoms with van der Waals surface area (Å²) in [6.07, 6.45) is 6.70. The summed E-state index contributed by atoms with van der Waals surface area (Å²) in [6.45, 7) is 8.00. The van der Waals surface area contributed by atoms with Crippen molar-refractivity contribution in [2.75, 3.05) is 0 Å². The Morgan fingerprint density at radius 3 is 2.25 bits per heavy atom. The van der Waals surface area contributed by atoms with Gasteiger partial charge in [0.15, 0.2) is 0 Å². The monoisotopic (exact) mass is 111 g/mol. The molecule has 0 fully saturated rings. The van der Waals surface area contributed by atoms with Crippen LogP contribution in [0.1, 0.15) is 33.1 Å². The Labute approximate surface area is 52.6 Å². The molecule has 0 aliphatic rings. The van der Waals surface area contributed by atoms with Gasteiger partial charge in [-0.3, -0.25) is 0 Å². The molecular weight excluding hydrogens is 96.1 g/mol. The fourth-order valence-corrected chi connectivity index (χ4v) is 0.799. The highest BCUT2D eigenvalue weighted by Gasteiger charge is 1.96. The second-order valence-electron chi connectivity index (χ2n) is 2.10. The van der Waals surface area contributed by atoms with E-state index in [1.54, 1.807) is 0 Å². The summed E-state index contributed by atoms with van der Waals surface area (Å²) in [5, 5.41) is 0. The molecule has 0 aliphatic heterocycles. The van der Waals surface area contributed by atoms with Gasteiger partial charge in [0.25, 0.3) is 0 Å². The minimum atomic E-state index is 0.639. The standard InChI is InChI=1S/C8H15/c1-4-7-8(5-2)6-3/h8H,2,4,6-7H2,1,3H3. The SMILES string of the molecule is C=[C]C(CC)CCC. The molecule has 0 saturated heterocycles. The van der Waals surface area contributed by atoms with Gasteiger partial charge in [-0.15, -0.1) is 0 Å². The van der Waals surface area contributed by atoms with E-state index in [9.17, 15) is 0 Å². The van der Waals surface area contributed by atoms with Gasteiger partial charge in [0, 0.05) is 0 Å². The van der Waals surface area contributed by atoms with Gasteiger partial charge in [0.1, 0.15) is 0 Å². The predicted molar refractivity (Wildman–Crippen MR) is 37.6 cm³/mol. The van der Waals surface area contributed by atoms with E-state index in [2.05, 4.69) is 26.5 Å². The van der Waals surface area contributed by atoms with Gasteiger partial charge in [0.2, 0.25) is 0 Å². The van der Waals surface area contributed by atoms with Crippen LogP contribution < -0.4 is 0 Å². The molecule has 1 unspecified atom stereocenters. The lowest BCUT2D eigenvalue weighted by molar-refractivity contribution is 0.550. The molecule has 0 heterocycles. The smallest absolute Gasteiger partial charge is 0.0168 e. The molecule has 0 aromatic rings. The molecule has 0 N–H and O–H groups in total. The van der Waals surface area contributed by atoms with Gasteiger partial charge in [-0.25, -0.2) is 0 Å². The van der Waals surface area contributed by atoms with Gasteiger partial charge in [-0.2, -0.15) is 0 Å². The Bertz CT molecular complexity index is 55.1. The van der Waals surface area contributed by atoms with Crippen LogP contribution in [0, 0.1) is 12.0 Å². The van der Waals surface area contributed by atoms with Crippen LogP contribution in [0.3, 0.4) is 0 Å². The van der Waals surface area contributed by atoms with Crippen molar-refractivity contribution in [3.8, 4) is 0 Å². The van der Waals surface area contributed by atoms with Gasteiger partial charge < -0.3 is 0 Å². The number of allylic oxidation sites excluding steroid dienone is 1. The number of rotatable bonds is 4. The summed E-state index contributed by atoms with van der Waals surface area (Å²) in [5.74, 6) is 0.639. The Kier molecular flexibility index (Phi) is 4.73. The summed E-state index contributed by atoms with van der Waals surface area (Å²) >= 11 is 0. The third-order valence-corrected chi connectivity index (χ3v) is 1.42. The zero-order chi connectivity index (χ0) is 6.41. The first-order valence-corrected chi connectivity index (χ1v) is 3.37. The van der Waals surface area contributed by atoms with Gasteiger partial charge in [-0.05, 0) is 24.8 Å². The van der Waals surface area contributed by atoms with E-state index < -0.39 is 0 Å². The first-order chi connectivity index (χ1) is 3.85. The van der Waals surface area contributed by atoms with E-state index in [0.717, 1.165) is 0 Å². The molecule has 0 rings (SSSR count). The maximum atomic E-state index is 3.63. The van der Waals surface area contributed by atoms with Crippen LogP contribution in [-0.2, 0) is 0 Å². The van der Waals surface area contributed by atoms with Crippen LogP contribution in [0.4, 0.5) is 0 Å². The maximum Gasteiger partial charge on any atom is -0.0168 e. The van der Waals surface area contributed by atoms with Crippen molar-refractivity contribution in [3.05, 3.63) is 12.7 Å². The maximum absolute atomic E-state index is 3.63. The largest absolute Gasteiger partial charge is 0.0953 e. The molecule has 0 aromatic carbocycles. The van der Waals surface area contributed by atoms with Crippen molar-refractivity contribution in [3.63, 3.8) is 0 Å². The van der Waals surface area contributed by atoms with E-state index in [1.807, 2.05) is 0 Å². The lowest BCUT2D eigenvalue weighted by Gasteiger charge is -2.03. The van der Waals surface area contributed by atoms with Crippen LogP contribution in [0.2, 0.25) is 0 Å². The van der Waals surface area contributed by atoms with Crippen molar-refractivity contribution in [2.45, 2.75) is 33.1 Å². The molecule has 0 amide bonds. The topological polar surface area (TPSA) is 0 Å². The van der Waals surface area contributed by atoms with Gasteiger partial charge in [0.05, 0.1) is 0 Å². The van der Waals surface area contributed by atoms with E-state index in [4.69, 9.17) is 0 Å². The van der Waals surface area contributed by atoms with Crippen molar-refractivity contribution in [1.82, 2.24) is 0 Å². The Balaban J connectivity index is 3.21. The molecule has 0 saturated carbocycles. The summed E-state index contributed by atoms with van der Waals surface area (Å²) < 4.78 is 0. The van der Waals surface area contributed by atoms with Gasteiger partial charge >= 0.3 is 0 Å². The lowest BCUT2D eigenvalue weighted by atomic mass is 10.0. The van der Waals surface area contributed by atoms with Crippen molar-refractivity contribution in [2.24, 2.45) is 5.92 Å². The fraction of sp³-hybridized carbons (Fsp3) is 0.750. The Hall–Kier alpha value is -0.260. The minimum Gasteiger partial charge on any atom is -0.0953 e. The van der Waals surface area contributed by atoms with Crippen molar-refractivity contribution in [1.29, 1.82) is 0 Å². The molecular formula is C8H15. The predicted octanol–water partition coefficient (Wildman–Crippen LogP) is 2.80. The molecule has 47 valence electrons. The first-order valence-electron chi connectivity index (χ1n) is 3.37. The highest BCUT2D eigenvalue weighted by molar-refractivity contribution is 4.67. The van der Waals surface area contributed by atoms with Crippen LogP contribution >= 0.6 is 0 Å². The molecule has 0 aliphatic carbocycles. The van der Waals surface area contributed by atoms with Crippen molar-refractivity contribution < 1.29 is 0 Å². The second-order valence-corrected chi connectivity index (χ2v) is 2.10. The normalized spacial score (nSPS) is 13.2. The van der Waals surface area contributed by atoms with Crippen LogP contribution in [-0.4, -0.2) is 0 Å². The highest BCUT2D eigenvalue weighted by atomic mass is 14.0. The number of hydrogen-bond donors (Lipinski definition) is 0. The molecule has 1 radical (unpaired) electrons. The number of hydrogen-bond acceptors (Lipinski definition) is 0. The molecule has 0 bridgehead atoms. The highest BCUT2D eigenvalue weighted by Crippen LogP contribution is 2.09. The molecule has 8 heavy (non-hydrogen) atoms. The van der Waals surface area contributed by atoms with E-state index in [-0.39, 0.29) is 0 Å². The Morgan fingerprint density at radius 2 is 2.12 bits per heavy atom. The summed E-state index contributed by atoms with van der Waals surface area (Å²) in [5.41, 5.74) is 0. The molecule has 1 atom stereocenters. The average molecular weight is 111 g/mol. The van der Waals surface area contributed by atoms with E-state index in [1.165, 1.54) is 19.3 Å². The zero-order valence-corrected chi connectivity index (χ0v) is 5.91. The van der Waals surface area contributed by atoms with Gasteiger partial charge in [-0.1, -0.05) is 26.8 Å². The van der Waals surface area contributed by atoms with E-state index >= 15 is 0 Å². The molecule has 0 heteroatoms. The summed E-state index contributed by atoms with van der Waals surface area (Å²) in [4.78, 5) is 0. The quantitative estimate of drug-likeness (QED) is 0.523. The van der Waals surface area contributed by atoms with Crippen molar-refractivity contribution >= 4 is 0 Å². The van der Waals surface area contributed by atoms with Crippen LogP contribution in [0.5, 0.6) is 0 Å². The van der Waals surface area contributed by atoms with Crippen LogP contribution in [0.15, 0.2) is 6.58 Å². The minimum absolute atomic E-state index is 0.639. The molecule has 0 spiro atoms. The van der Waals surface area contributed by atoms with E-state index in [0.29, 0.717) is 5.92 Å². The third kappa shape index (κ3) is 2.84. The fourth-order valence-electron chi connectivity index (χ4n) is 0.799. The second kappa shape index (κ2) is 4.89. The van der Waals surface area contributed by atoms with Crippen LogP contribution in [0.25, 0.3) is 0 Å².